The molecule has 6 unspecified atom stereocenters. The fraction of sp³-hybridized carbons (Fsp3) is 0.520. The lowest BCUT2D eigenvalue weighted by Gasteiger charge is -2.60. The van der Waals surface area contributed by atoms with Crippen LogP contribution in [0.25, 0.3) is 0 Å². The number of amides is 1. The van der Waals surface area contributed by atoms with Crippen LogP contribution >= 0.6 is 0 Å². The molecule has 13 nitrogen and oxygen atoms in total. The highest BCUT2D eigenvalue weighted by atomic mass is 16.7. The topological polar surface area (TPSA) is 176 Å². The van der Waals surface area contributed by atoms with Gasteiger partial charge in [-0.05, 0) is 125 Å². The molecule has 3 N–H and O–H groups in total. The Hall–Kier alpha value is -5.10. The number of carbonyl (C=O) groups is 1. The molecule has 1 aromatic heterocycles. The van der Waals surface area contributed by atoms with Crippen LogP contribution in [0.1, 0.15) is 105 Å². The molecule has 63 heavy (non-hydrogen) atoms. The van der Waals surface area contributed by atoms with Crippen LogP contribution in [-0.2, 0) is 20.9 Å². The van der Waals surface area contributed by atoms with Gasteiger partial charge in [-0.2, -0.15) is 5.26 Å². The number of hydrogen-bond donors (Lipinski definition) is 3. The average Bonchev–Trinajstić information content (AvgIpc) is 3.28. The van der Waals surface area contributed by atoms with E-state index in [1.165, 1.54) is 0 Å². The average molecular weight is 865 g/mol. The summed E-state index contributed by atoms with van der Waals surface area (Å²) in [5, 5.41) is 44.0. The van der Waals surface area contributed by atoms with Crippen LogP contribution < -0.4 is 9.47 Å². The van der Waals surface area contributed by atoms with Gasteiger partial charge in [0, 0.05) is 48.9 Å². The first-order valence-corrected chi connectivity index (χ1v) is 22.3. The number of allylic oxidation sites excluding steroid dienone is 1. The van der Waals surface area contributed by atoms with Crippen LogP contribution in [0.15, 0.2) is 90.1 Å². The normalized spacial score (nSPS) is 23.1. The van der Waals surface area contributed by atoms with E-state index in [0.717, 1.165) is 48.2 Å². The molecule has 2 aromatic carbocycles. The summed E-state index contributed by atoms with van der Waals surface area (Å²) in [5.74, 6) is -1.27. The van der Waals surface area contributed by atoms with Crippen LogP contribution in [0.2, 0.25) is 0 Å². The molecule has 2 aliphatic carbocycles. The second-order valence-corrected chi connectivity index (χ2v) is 17.6. The molecule has 3 aliphatic rings. The van der Waals surface area contributed by atoms with Crippen molar-refractivity contribution in [1.29, 1.82) is 5.26 Å². The van der Waals surface area contributed by atoms with Crippen LogP contribution in [0.3, 0.4) is 0 Å². The van der Waals surface area contributed by atoms with Gasteiger partial charge >= 0.3 is 0 Å². The van der Waals surface area contributed by atoms with Crippen molar-refractivity contribution in [2.45, 2.75) is 103 Å². The fourth-order valence-electron chi connectivity index (χ4n) is 9.35. The predicted molar refractivity (Wildman–Crippen MR) is 239 cm³/mol. The molecule has 2 heterocycles. The second-order valence-electron chi connectivity index (χ2n) is 17.6. The number of aromatic nitrogens is 1. The number of aliphatic hydroxyl groups excluding tert-OH is 3. The summed E-state index contributed by atoms with van der Waals surface area (Å²) in [5.41, 5.74) is 4.38. The molecule has 0 saturated heterocycles. The number of aliphatic hydroxyl groups is 3. The van der Waals surface area contributed by atoms with Gasteiger partial charge in [0.1, 0.15) is 29.7 Å². The number of nitriles is 1. The van der Waals surface area contributed by atoms with Gasteiger partial charge in [0.25, 0.3) is 5.91 Å². The second kappa shape index (κ2) is 22.0. The minimum atomic E-state index is -1.49. The van der Waals surface area contributed by atoms with Crippen LogP contribution in [0, 0.1) is 36.0 Å². The molecule has 1 saturated carbocycles. The molecule has 0 radical (unpaired) electrons. The predicted octanol–water partition coefficient (Wildman–Crippen LogP) is 7.42. The molecular weight excluding hydrogens is 801 g/mol. The first-order chi connectivity index (χ1) is 30.5. The Morgan fingerprint density at radius 1 is 1.03 bits per heavy atom. The van der Waals surface area contributed by atoms with Crippen molar-refractivity contribution in [3.05, 3.63) is 113 Å². The number of pyridine rings is 1. The molecule has 3 aromatic rings. The summed E-state index contributed by atoms with van der Waals surface area (Å²) >= 11 is 0. The highest BCUT2D eigenvalue weighted by Gasteiger charge is 2.65. The third kappa shape index (κ3) is 11.4. The van der Waals surface area contributed by atoms with Gasteiger partial charge in [-0.15, -0.1) is 6.58 Å². The molecule has 0 bridgehead atoms. The summed E-state index contributed by atoms with van der Waals surface area (Å²) in [7, 11) is 0. The third-order valence-corrected chi connectivity index (χ3v) is 12.0. The molecule has 6 rings (SSSR count). The van der Waals surface area contributed by atoms with E-state index in [9.17, 15) is 20.6 Å². The lowest BCUT2D eigenvalue weighted by Crippen LogP contribution is -2.70. The Bertz CT molecular complexity index is 2110. The molecule has 1 aliphatic heterocycles. The van der Waals surface area contributed by atoms with Crippen molar-refractivity contribution in [1.82, 2.24) is 9.88 Å². The summed E-state index contributed by atoms with van der Waals surface area (Å²) in [6, 6.07) is 19.6. The van der Waals surface area contributed by atoms with Crippen LogP contribution in [0.4, 0.5) is 0 Å². The van der Waals surface area contributed by atoms with Gasteiger partial charge in [0.2, 0.25) is 5.79 Å². The van der Waals surface area contributed by atoms with Gasteiger partial charge in [0.05, 0.1) is 55.4 Å². The third-order valence-electron chi connectivity index (χ3n) is 12.0. The minimum absolute atomic E-state index is 0.0196. The van der Waals surface area contributed by atoms with Crippen molar-refractivity contribution < 1.29 is 43.9 Å². The summed E-state index contributed by atoms with van der Waals surface area (Å²) in [6.07, 6.45) is 8.66. The first-order valence-electron chi connectivity index (χ1n) is 22.3. The Kier molecular flexibility index (Phi) is 16.5. The monoisotopic (exact) mass is 864 g/mol. The number of aryl methyl sites for hydroxylation is 1. The fourth-order valence-corrected chi connectivity index (χ4v) is 9.35. The SMILES string of the molecule is C=CCOC12Oc3ccc(OCc4cccc(C)n4)cc3C3C(CCCCO)C(CCCCO)C=C(C(=NOC(C)(C)C)CC1N(CCOCCO)C(=O)c1ccc(C#N)cc1)C32. The smallest absolute Gasteiger partial charge is 0.254 e. The molecule has 1 fully saturated rings. The zero-order chi connectivity index (χ0) is 45.0. The Morgan fingerprint density at radius 2 is 1.79 bits per heavy atom. The van der Waals surface area contributed by atoms with Gasteiger partial charge in [0.15, 0.2) is 0 Å². The van der Waals surface area contributed by atoms with Gasteiger partial charge in [-0.1, -0.05) is 36.2 Å². The highest BCUT2D eigenvalue weighted by Crippen LogP contribution is 2.62. The standard InChI is InChI=1S/C50H64N4O9/c1-6-26-61-50-45(54(22-27-59-28-25-57)48(58)36-18-16-35(32-51)17-19-36)31-43(53-63-49(3,4)5)41-29-37(13-7-9-23-55)40(15-8-10-24-56)46(47(41)50)42-30-39(20-21-44(42)62-50)60-33-38-14-11-12-34(2)52-38/h6,11-12,14,16-21,29-30,37,40,45-47,55-57H,1,7-10,13,15,22-28,31,33H2,2-5H3. The van der Waals surface area contributed by atoms with Crippen LogP contribution in [-0.4, -0.2) is 100 Å². The van der Waals surface area contributed by atoms with Crippen molar-refractivity contribution in [3.8, 4) is 17.6 Å². The van der Waals surface area contributed by atoms with Gasteiger partial charge in [-0.25, -0.2) is 0 Å². The van der Waals surface area contributed by atoms with E-state index in [1.807, 2.05) is 58.0 Å². The van der Waals surface area contributed by atoms with E-state index < -0.39 is 23.3 Å². The zero-order valence-electron chi connectivity index (χ0n) is 37.2. The lowest BCUT2D eigenvalue weighted by molar-refractivity contribution is -0.254. The van der Waals surface area contributed by atoms with E-state index in [2.05, 4.69) is 29.8 Å². The molecular formula is C50H64N4O9. The molecule has 1 amide bonds. The Morgan fingerprint density at radius 3 is 2.48 bits per heavy atom. The summed E-state index contributed by atoms with van der Waals surface area (Å²) < 4.78 is 26.8. The van der Waals surface area contributed by atoms with E-state index in [1.54, 1.807) is 35.2 Å². The number of nitrogens with zero attached hydrogens (tertiary/aromatic N) is 4. The number of carbonyl (C=O) groups excluding carboxylic acids is 1. The van der Waals surface area contributed by atoms with Crippen molar-refractivity contribution in [2.75, 3.05) is 46.2 Å². The maximum Gasteiger partial charge on any atom is 0.254 e. The summed E-state index contributed by atoms with van der Waals surface area (Å²) in [6.45, 7) is 12.5. The molecule has 338 valence electrons. The number of fused-ring (bicyclic) bond motifs is 2. The Labute approximate surface area is 372 Å². The maximum absolute atomic E-state index is 15.1. The van der Waals surface area contributed by atoms with Gasteiger partial charge < -0.3 is 44.0 Å². The van der Waals surface area contributed by atoms with Gasteiger partial charge in [-0.3, -0.25) is 9.78 Å². The number of benzene rings is 2. The molecule has 6 atom stereocenters. The number of unbranched alkanes of at least 4 members (excludes halogenated alkanes) is 2. The van der Waals surface area contributed by atoms with E-state index >= 15 is 4.79 Å². The largest absolute Gasteiger partial charge is 0.487 e. The van der Waals surface area contributed by atoms with Crippen LogP contribution in [0.5, 0.6) is 11.5 Å². The van der Waals surface area contributed by atoms with E-state index in [4.69, 9.17) is 28.9 Å². The zero-order valence-corrected chi connectivity index (χ0v) is 37.2. The van der Waals surface area contributed by atoms with Crippen molar-refractivity contribution in [3.63, 3.8) is 0 Å². The quantitative estimate of drug-likeness (QED) is 0.0521. The highest BCUT2D eigenvalue weighted by molar-refractivity contribution is 6.03. The van der Waals surface area contributed by atoms with Crippen molar-refractivity contribution >= 4 is 11.6 Å². The summed E-state index contributed by atoms with van der Waals surface area (Å²) in [4.78, 5) is 27.7. The van der Waals surface area contributed by atoms with E-state index in [0.29, 0.717) is 41.2 Å². The lowest BCUT2D eigenvalue weighted by atomic mass is 9.55. The maximum atomic E-state index is 15.1. The minimum Gasteiger partial charge on any atom is -0.487 e. The number of oxime groups is 1. The number of rotatable bonds is 22. The van der Waals surface area contributed by atoms with E-state index in [-0.39, 0.29) is 82.9 Å². The Balaban J connectivity index is 1.59. The molecule has 0 spiro atoms. The van der Waals surface area contributed by atoms with Crippen molar-refractivity contribution in [2.24, 2.45) is 22.9 Å². The first kappa shape index (κ1) is 47.4. The number of ether oxygens (including phenoxy) is 4. The number of hydrogen-bond acceptors (Lipinski definition) is 12. The molecule has 13 heteroatoms.